The van der Waals surface area contributed by atoms with Crippen LogP contribution < -0.4 is 5.32 Å². The summed E-state index contributed by atoms with van der Waals surface area (Å²) in [7, 11) is 2.27. The standard InChI is InChI=1S/C16H33N3/c1-4-10-19-11-7-15(8-12-19)14(2)17-9-13-18(3)16-5-6-16/h14-17H,4-13H2,1-3H3. The molecule has 0 spiro atoms. The maximum absolute atomic E-state index is 3.75. The Labute approximate surface area is 119 Å². The molecule has 1 saturated carbocycles. The van der Waals surface area contributed by atoms with Crippen molar-refractivity contribution in [2.75, 3.05) is 39.8 Å². The molecule has 3 nitrogen and oxygen atoms in total. The largest absolute Gasteiger partial charge is 0.313 e. The smallest absolute Gasteiger partial charge is 0.0107 e. The Bertz CT molecular complexity index is 244. The highest BCUT2D eigenvalue weighted by atomic mass is 15.2. The second-order valence-corrected chi connectivity index (χ2v) is 6.63. The van der Waals surface area contributed by atoms with E-state index in [4.69, 9.17) is 0 Å². The molecular formula is C16H33N3. The van der Waals surface area contributed by atoms with Crippen LogP contribution in [0.25, 0.3) is 0 Å². The molecule has 2 fully saturated rings. The van der Waals surface area contributed by atoms with Gasteiger partial charge in [0.2, 0.25) is 0 Å². The minimum atomic E-state index is 0.691. The average molecular weight is 267 g/mol. The first-order valence-corrected chi connectivity index (χ1v) is 8.36. The fourth-order valence-electron chi connectivity index (χ4n) is 3.33. The summed E-state index contributed by atoms with van der Waals surface area (Å²) in [4.78, 5) is 5.15. The summed E-state index contributed by atoms with van der Waals surface area (Å²) in [6, 6.07) is 1.59. The van der Waals surface area contributed by atoms with Gasteiger partial charge in [0.1, 0.15) is 0 Å². The molecule has 2 rings (SSSR count). The Morgan fingerprint density at radius 1 is 1.21 bits per heavy atom. The Morgan fingerprint density at radius 2 is 1.89 bits per heavy atom. The molecular weight excluding hydrogens is 234 g/mol. The van der Waals surface area contributed by atoms with Crippen LogP contribution in [0.4, 0.5) is 0 Å². The van der Waals surface area contributed by atoms with Crippen molar-refractivity contribution in [1.29, 1.82) is 0 Å². The third-order valence-corrected chi connectivity index (χ3v) is 4.98. The lowest BCUT2D eigenvalue weighted by Crippen LogP contribution is -2.44. The lowest BCUT2D eigenvalue weighted by atomic mass is 9.90. The highest BCUT2D eigenvalue weighted by molar-refractivity contribution is 4.83. The zero-order valence-corrected chi connectivity index (χ0v) is 13.2. The number of piperidine rings is 1. The number of hydrogen-bond acceptors (Lipinski definition) is 3. The fraction of sp³-hybridized carbons (Fsp3) is 1.00. The maximum atomic E-state index is 3.75. The monoisotopic (exact) mass is 267 g/mol. The molecule has 1 N–H and O–H groups in total. The van der Waals surface area contributed by atoms with E-state index in [0.717, 1.165) is 18.5 Å². The van der Waals surface area contributed by atoms with E-state index < -0.39 is 0 Å². The van der Waals surface area contributed by atoms with Crippen LogP contribution >= 0.6 is 0 Å². The quantitative estimate of drug-likeness (QED) is 0.727. The predicted octanol–water partition coefficient (Wildman–Crippen LogP) is 2.18. The van der Waals surface area contributed by atoms with Crippen molar-refractivity contribution in [3.05, 3.63) is 0 Å². The summed E-state index contributed by atoms with van der Waals surface area (Å²) >= 11 is 0. The van der Waals surface area contributed by atoms with Crippen LogP contribution in [0.1, 0.15) is 46.0 Å². The van der Waals surface area contributed by atoms with Crippen molar-refractivity contribution >= 4 is 0 Å². The second-order valence-electron chi connectivity index (χ2n) is 6.63. The van der Waals surface area contributed by atoms with Crippen LogP contribution in [0.3, 0.4) is 0 Å². The van der Waals surface area contributed by atoms with Gasteiger partial charge in [-0.05, 0) is 71.6 Å². The van der Waals surface area contributed by atoms with Gasteiger partial charge in [-0.15, -0.1) is 0 Å². The van der Waals surface area contributed by atoms with E-state index in [-0.39, 0.29) is 0 Å². The number of rotatable bonds is 8. The normalized spacial score (nSPS) is 24.0. The van der Waals surface area contributed by atoms with Crippen LogP contribution in [0, 0.1) is 5.92 Å². The summed E-state index contributed by atoms with van der Waals surface area (Å²) in [5, 5.41) is 3.75. The lowest BCUT2D eigenvalue weighted by Gasteiger charge is -2.35. The minimum Gasteiger partial charge on any atom is -0.313 e. The van der Waals surface area contributed by atoms with Crippen molar-refractivity contribution in [3.8, 4) is 0 Å². The highest BCUT2D eigenvalue weighted by Crippen LogP contribution is 2.25. The minimum absolute atomic E-state index is 0.691. The number of nitrogens with one attached hydrogen (secondary N) is 1. The summed E-state index contributed by atoms with van der Waals surface area (Å²) < 4.78 is 0. The van der Waals surface area contributed by atoms with Crippen molar-refractivity contribution in [2.24, 2.45) is 5.92 Å². The zero-order valence-electron chi connectivity index (χ0n) is 13.2. The SMILES string of the molecule is CCCN1CCC(C(C)NCCN(C)C2CC2)CC1. The van der Waals surface area contributed by atoms with Crippen molar-refractivity contribution < 1.29 is 0 Å². The molecule has 1 aliphatic carbocycles. The molecule has 112 valence electrons. The van der Waals surface area contributed by atoms with Gasteiger partial charge in [0, 0.05) is 25.2 Å². The van der Waals surface area contributed by atoms with Gasteiger partial charge in [0.25, 0.3) is 0 Å². The summed E-state index contributed by atoms with van der Waals surface area (Å²) in [5.74, 6) is 0.888. The molecule has 0 radical (unpaired) electrons. The van der Waals surface area contributed by atoms with Crippen molar-refractivity contribution in [2.45, 2.75) is 58.0 Å². The molecule has 0 aromatic rings. The average Bonchev–Trinajstić information content (AvgIpc) is 3.24. The van der Waals surface area contributed by atoms with E-state index in [9.17, 15) is 0 Å². The van der Waals surface area contributed by atoms with Gasteiger partial charge in [-0.25, -0.2) is 0 Å². The molecule has 1 aliphatic heterocycles. The molecule has 1 saturated heterocycles. The molecule has 1 heterocycles. The second kappa shape index (κ2) is 7.61. The van der Waals surface area contributed by atoms with E-state index >= 15 is 0 Å². The van der Waals surface area contributed by atoms with E-state index in [1.807, 2.05) is 0 Å². The molecule has 3 heteroatoms. The highest BCUT2D eigenvalue weighted by Gasteiger charge is 2.26. The van der Waals surface area contributed by atoms with Crippen LogP contribution in [-0.2, 0) is 0 Å². The van der Waals surface area contributed by atoms with E-state index in [2.05, 4.69) is 36.0 Å². The third-order valence-electron chi connectivity index (χ3n) is 4.98. The van der Waals surface area contributed by atoms with Crippen LogP contribution in [0.2, 0.25) is 0 Å². The third kappa shape index (κ3) is 5.05. The summed E-state index contributed by atoms with van der Waals surface area (Å²) in [6.07, 6.45) is 6.90. The topological polar surface area (TPSA) is 18.5 Å². The van der Waals surface area contributed by atoms with Crippen LogP contribution in [0.5, 0.6) is 0 Å². The Hall–Kier alpha value is -0.120. The lowest BCUT2D eigenvalue weighted by molar-refractivity contribution is 0.161. The van der Waals surface area contributed by atoms with Gasteiger partial charge in [-0.2, -0.15) is 0 Å². The number of likely N-dealkylation sites (tertiary alicyclic amines) is 1. The molecule has 0 aromatic carbocycles. The Morgan fingerprint density at radius 3 is 2.47 bits per heavy atom. The predicted molar refractivity (Wildman–Crippen MR) is 82.6 cm³/mol. The molecule has 2 aliphatic rings. The van der Waals surface area contributed by atoms with Gasteiger partial charge in [0.05, 0.1) is 0 Å². The van der Waals surface area contributed by atoms with Crippen LogP contribution in [0.15, 0.2) is 0 Å². The summed E-state index contributed by atoms with van der Waals surface area (Å²) in [5.41, 5.74) is 0. The van der Waals surface area contributed by atoms with Gasteiger partial charge >= 0.3 is 0 Å². The van der Waals surface area contributed by atoms with Gasteiger partial charge < -0.3 is 15.1 Å². The first-order chi connectivity index (χ1) is 9.20. The van der Waals surface area contributed by atoms with Gasteiger partial charge in [-0.1, -0.05) is 6.92 Å². The Balaban J connectivity index is 1.57. The van der Waals surface area contributed by atoms with Gasteiger partial charge in [-0.3, -0.25) is 0 Å². The fourth-order valence-corrected chi connectivity index (χ4v) is 3.33. The molecule has 1 unspecified atom stereocenters. The molecule has 0 amide bonds. The van der Waals surface area contributed by atoms with E-state index in [1.54, 1.807) is 0 Å². The first-order valence-electron chi connectivity index (χ1n) is 8.36. The van der Waals surface area contributed by atoms with E-state index in [1.165, 1.54) is 58.3 Å². The first kappa shape index (κ1) is 15.3. The van der Waals surface area contributed by atoms with Crippen molar-refractivity contribution in [3.63, 3.8) is 0 Å². The van der Waals surface area contributed by atoms with E-state index in [0.29, 0.717) is 6.04 Å². The van der Waals surface area contributed by atoms with Gasteiger partial charge in [0.15, 0.2) is 0 Å². The number of nitrogens with zero attached hydrogens (tertiary/aromatic N) is 2. The maximum Gasteiger partial charge on any atom is 0.0107 e. The molecule has 1 atom stereocenters. The Kier molecular flexibility index (Phi) is 6.11. The van der Waals surface area contributed by atoms with Crippen LogP contribution in [-0.4, -0.2) is 61.7 Å². The summed E-state index contributed by atoms with van der Waals surface area (Å²) in [6.45, 7) is 11.0. The molecule has 0 aromatic heterocycles. The number of hydrogen-bond donors (Lipinski definition) is 1. The van der Waals surface area contributed by atoms with Crippen molar-refractivity contribution in [1.82, 2.24) is 15.1 Å². The molecule has 0 bridgehead atoms. The zero-order chi connectivity index (χ0) is 13.7. The molecule has 19 heavy (non-hydrogen) atoms. The number of likely N-dealkylation sites (N-methyl/N-ethyl adjacent to an activating group) is 1.